The maximum atomic E-state index is 12.8. The number of amides is 1. The number of carbonyl (C=O) groups excluding carboxylic acids is 1. The summed E-state index contributed by atoms with van der Waals surface area (Å²) in [6, 6.07) is 10.3. The molecule has 3 rings (SSSR count). The van der Waals surface area contributed by atoms with Gasteiger partial charge in [-0.25, -0.2) is 0 Å². The molecule has 0 bridgehead atoms. The second kappa shape index (κ2) is 8.94. The Balaban J connectivity index is 1.83. The molecule has 8 heteroatoms. The van der Waals surface area contributed by atoms with Gasteiger partial charge in [0.25, 0.3) is 5.91 Å². The van der Waals surface area contributed by atoms with Crippen LogP contribution in [0, 0.1) is 27.7 Å². The van der Waals surface area contributed by atoms with E-state index in [0.29, 0.717) is 11.3 Å². The zero-order valence-electron chi connectivity index (χ0n) is 17.1. The SMILES string of the molecule is Cc1ccc(OC(F)F)c(NC(=O)c2noc(C)c2COc2c(C)cccc2C)c1. The molecular formula is C22H22F2N2O4. The van der Waals surface area contributed by atoms with Crippen LogP contribution in [0.4, 0.5) is 14.5 Å². The minimum Gasteiger partial charge on any atom is -0.488 e. The molecule has 1 heterocycles. The molecule has 30 heavy (non-hydrogen) atoms. The first-order valence-corrected chi connectivity index (χ1v) is 9.27. The first-order valence-electron chi connectivity index (χ1n) is 9.27. The number of ether oxygens (including phenoxy) is 2. The van der Waals surface area contributed by atoms with Crippen LogP contribution in [0.25, 0.3) is 0 Å². The van der Waals surface area contributed by atoms with E-state index in [0.717, 1.165) is 22.4 Å². The molecule has 3 aromatic rings. The second-order valence-electron chi connectivity index (χ2n) is 6.91. The maximum Gasteiger partial charge on any atom is 0.387 e. The summed E-state index contributed by atoms with van der Waals surface area (Å²) < 4.78 is 40.9. The Morgan fingerprint density at radius 2 is 1.83 bits per heavy atom. The summed E-state index contributed by atoms with van der Waals surface area (Å²) in [5.74, 6) is 0.393. The molecule has 0 fully saturated rings. The number of aryl methyl sites for hydroxylation is 4. The van der Waals surface area contributed by atoms with Crippen molar-refractivity contribution in [3.63, 3.8) is 0 Å². The zero-order chi connectivity index (χ0) is 21.8. The summed E-state index contributed by atoms with van der Waals surface area (Å²) in [5, 5.41) is 6.40. The van der Waals surface area contributed by atoms with Gasteiger partial charge in [0.2, 0.25) is 0 Å². The predicted molar refractivity (Wildman–Crippen MR) is 107 cm³/mol. The molecule has 0 atom stereocenters. The summed E-state index contributed by atoms with van der Waals surface area (Å²) in [6.45, 7) is 4.35. The van der Waals surface area contributed by atoms with Crippen LogP contribution < -0.4 is 14.8 Å². The van der Waals surface area contributed by atoms with Crippen LogP contribution in [0.1, 0.15) is 38.5 Å². The molecule has 0 unspecified atom stereocenters. The van der Waals surface area contributed by atoms with Gasteiger partial charge in [0.05, 0.1) is 11.3 Å². The third kappa shape index (κ3) is 4.76. The number of halogens is 2. The number of hydrogen-bond donors (Lipinski definition) is 1. The average Bonchev–Trinajstić information content (AvgIpc) is 3.04. The Morgan fingerprint density at radius 3 is 2.50 bits per heavy atom. The lowest BCUT2D eigenvalue weighted by Gasteiger charge is -2.13. The normalized spacial score (nSPS) is 10.9. The number of carbonyl (C=O) groups is 1. The van der Waals surface area contributed by atoms with Crippen molar-refractivity contribution >= 4 is 11.6 Å². The summed E-state index contributed by atoms with van der Waals surface area (Å²) in [7, 11) is 0. The van der Waals surface area contributed by atoms with Crippen LogP contribution in [-0.4, -0.2) is 17.7 Å². The summed E-state index contributed by atoms with van der Waals surface area (Å²) >= 11 is 0. The van der Waals surface area contributed by atoms with E-state index in [1.54, 1.807) is 19.9 Å². The van der Waals surface area contributed by atoms with Crippen molar-refractivity contribution in [2.75, 3.05) is 5.32 Å². The molecule has 0 saturated heterocycles. The Kier molecular flexibility index (Phi) is 6.34. The highest BCUT2D eigenvalue weighted by molar-refractivity contribution is 6.04. The smallest absolute Gasteiger partial charge is 0.387 e. The topological polar surface area (TPSA) is 73.6 Å². The van der Waals surface area contributed by atoms with Gasteiger partial charge in [-0.2, -0.15) is 8.78 Å². The van der Waals surface area contributed by atoms with Gasteiger partial charge < -0.3 is 19.3 Å². The molecule has 1 N–H and O–H groups in total. The van der Waals surface area contributed by atoms with E-state index in [1.165, 1.54) is 12.1 Å². The lowest BCUT2D eigenvalue weighted by Crippen LogP contribution is -2.17. The standard InChI is InChI=1S/C22H22F2N2O4/c1-12-8-9-18(29-22(23)24)17(10-12)25-21(27)19-16(15(4)30-26-19)11-28-20-13(2)6-5-7-14(20)3/h5-10,22H,11H2,1-4H3,(H,25,27). The molecule has 2 aromatic carbocycles. The van der Waals surface area contributed by atoms with Crippen molar-refractivity contribution in [2.45, 2.75) is 40.9 Å². The lowest BCUT2D eigenvalue weighted by atomic mass is 10.1. The highest BCUT2D eigenvalue weighted by Crippen LogP contribution is 2.29. The lowest BCUT2D eigenvalue weighted by molar-refractivity contribution is -0.0493. The average molecular weight is 416 g/mol. The van der Waals surface area contributed by atoms with Gasteiger partial charge in [-0.3, -0.25) is 4.79 Å². The molecule has 1 aromatic heterocycles. The predicted octanol–water partition coefficient (Wildman–Crippen LogP) is 5.34. The Labute approximate surface area is 172 Å². The van der Waals surface area contributed by atoms with Gasteiger partial charge in [-0.05, 0) is 56.5 Å². The minimum atomic E-state index is -3.01. The number of benzene rings is 2. The molecule has 0 aliphatic carbocycles. The summed E-state index contributed by atoms with van der Waals surface area (Å²) in [5.41, 5.74) is 3.29. The Morgan fingerprint density at radius 1 is 1.13 bits per heavy atom. The van der Waals surface area contributed by atoms with Crippen molar-refractivity contribution < 1.29 is 27.6 Å². The molecule has 6 nitrogen and oxygen atoms in total. The van der Waals surface area contributed by atoms with E-state index in [2.05, 4.69) is 15.2 Å². The molecular weight excluding hydrogens is 394 g/mol. The van der Waals surface area contributed by atoms with Gasteiger partial charge >= 0.3 is 6.61 Å². The molecule has 0 aliphatic heterocycles. The van der Waals surface area contributed by atoms with E-state index in [1.807, 2.05) is 32.0 Å². The summed E-state index contributed by atoms with van der Waals surface area (Å²) in [6.07, 6.45) is 0. The monoisotopic (exact) mass is 416 g/mol. The molecule has 158 valence electrons. The van der Waals surface area contributed by atoms with E-state index < -0.39 is 12.5 Å². The van der Waals surface area contributed by atoms with Crippen molar-refractivity contribution in [2.24, 2.45) is 0 Å². The quantitative estimate of drug-likeness (QED) is 0.563. The summed E-state index contributed by atoms with van der Waals surface area (Å²) in [4.78, 5) is 12.8. The molecule has 0 spiro atoms. The van der Waals surface area contributed by atoms with Crippen LogP contribution in [-0.2, 0) is 6.61 Å². The van der Waals surface area contributed by atoms with Gasteiger partial charge in [-0.15, -0.1) is 0 Å². The molecule has 0 radical (unpaired) electrons. The van der Waals surface area contributed by atoms with Crippen molar-refractivity contribution in [1.29, 1.82) is 0 Å². The van der Waals surface area contributed by atoms with Crippen LogP contribution in [0.3, 0.4) is 0 Å². The number of hydrogen-bond acceptors (Lipinski definition) is 5. The van der Waals surface area contributed by atoms with Crippen LogP contribution in [0.5, 0.6) is 11.5 Å². The van der Waals surface area contributed by atoms with Crippen LogP contribution >= 0.6 is 0 Å². The number of alkyl halides is 2. The maximum absolute atomic E-state index is 12.8. The van der Waals surface area contributed by atoms with E-state index in [9.17, 15) is 13.6 Å². The largest absolute Gasteiger partial charge is 0.488 e. The fourth-order valence-electron chi connectivity index (χ4n) is 3.03. The van der Waals surface area contributed by atoms with E-state index in [-0.39, 0.29) is 23.7 Å². The van der Waals surface area contributed by atoms with Crippen molar-refractivity contribution in [3.8, 4) is 11.5 Å². The fourth-order valence-corrected chi connectivity index (χ4v) is 3.03. The van der Waals surface area contributed by atoms with E-state index in [4.69, 9.17) is 9.26 Å². The fraction of sp³-hybridized carbons (Fsp3) is 0.273. The number of nitrogens with one attached hydrogen (secondary N) is 1. The van der Waals surface area contributed by atoms with Crippen molar-refractivity contribution in [3.05, 3.63) is 70.1 Å². The number of anilines is 1. The highest BCUT2D eigenvalue weighted by atomic mass is 19.3. The van der Waals surface area contributed by atoms with Gasteiger partial charge in [-0.1, -0.05) is 29.4 Å². The first-order chi connectivity index (χ1) is 14.3. The minimum absolute atomic E-state index is 0.0169. The second-order valence-corrected chi connectivity index (χ2v) is 6.91. The number of para-hydroxylation sites is 1. The Bertz CT molecular complexity index is 1040. The number of nitrogens with zero attached hydrogens (tertiary/aromatic N) is 1. The third-order valence-corrected chi connectivity index (χ3v) is 4.57. The van der Waals surface area contributed by atoms with E-state index >= 15 is 0 Å². The first kappa shape index (κ1) is 21.3. The van der Waals surface area contributed by atoms with Crippen LogP contribution in [0.2, 0.25) is 0 Å². The number of rotatable bonds is 7. The van der Waals surface area contributed by atoms with Gasteiger partial charge in [0.1, 0.15) is 23.9 Å². The molecule has 0 saturated carbocycles. The third-order valence-electron chi connectivity index (χ3n) is 4.57. The van der Waals surface area contributed by atoms with Gasteiger partial charge in [0.15, 0.2) is 5.69 Å². The molecule has 0 aliphatic rings. The zero-order valence-corrected chi connectivity index (χ0v) is 17.1. The Hall–Kier alpha value is -3.42. The highest BCUT2D eigenvalue weighted by Gasteiger charge is 2.22. The van der Waals surface area contributed by atoms with Crippen LogP contribution in [0.15, 0.2) is 40.9 Å². The van der Waals surface area contributed by atoms with Gasteiger partial charge in [0, 0.05) is 0 Å². The number of aromatic nitrogens is 1. The van der Waals surface area contributed by atoms with Crippen molar-refractivity contribution in [1.82, 2.24) is 5.16 Å². The molecule has 1 amide bonds.